The van der Waals surface area contributed by atoms with Gasteiger partial charge in [0, 0.05) is 12.6 Å². The van der Waals surface area contributed by atoms with E-state index >= 15 is 0 Å². The molecule has 1 atom stereocenters. The monoisotopic (exact) mass is 463 g/mol. The lowest BCUT2D eigenvalue weighted by atomic mass is 10.0. The van der Waals surface area contributed by atoms with Gasteiger partial charge in [-0.2, -0.15) is 36.1 Å². The number of halogens is 6. The van der Waals surface area contributed by atoms with Crippen LogP contribution < -0.4 is 10.7 Å². The van der Waals surface area contributed by atoms with Gasteiger partial charge in [0.05, 0.1) is 17.2 Å². The van der Waals surface area contributed by atoms with Gasteiger partial charge >= 0.3 is 12.4 Å². The number of rotatable bonds is 3. The average molecular weight is 463 g/mol. The first-order chi connectivity index (χ1) is 14.8. The van der Waals surface area contributed by atoms with Crippen molar-refractivity contribution >= 4 is 17.8 Å². The SMILES string of the molecule is CC(NC(=O)c1cc(C(F)(F)F)cc(C(F)(F)F)c1)c1ncnn1C1=NNC(=O)CN1C. The van der Waals surface area contributed by atoms with Crippen LogP contribution in [-0.2, 0) is 17.1 Å². The van der Waals surface area contributed by atoms with Crippen LogP contribution in [0.15, 0.2) is 29.6 Å². The van der Waals surface area contributed by atoms with Gasteiger partial charge in [0.1, 0.15) is 12.9 Å². The molecule has 3 rings (SSSR count). The molecule has 1 aliphatic rings. The molecular formula is C17H15F6N7O2. The number of hydrogen-bond donors (Lipinski definition) is 2. The molecule has 0 radical (unpaired) electrons. The molecule has 1 unspecified atom stereocenters. The Morgan fingerprint density at radius 2 is 1.72 bits per heavy atom. The lowest BCUT2D eigenvalue weighted by Gasteiger charge is -2.25. The Morgan fingerprint density at radius 1 is 1.12 bits per heavy atom. The van der Waals surface area contributed by atoms with Gasteiger partial charge in [-0.1, -0.05) is 0 Å². The van der Waals surface area contributed by atoms with Crippen molar-refractivity contribution in [3.05, 3.63) is 47.0 Å². The first kappa shape index (κ1) is 23.0. The summed E-state index contributed by atoms with van der Waals surface area (Å²) in [6, 6.07) is -0.405. The standard InChI is InChI=1S/C17H15F6N7O2/c1-8(13-24-7-25-30(13)15-28-27-12(31)6-29(15)2)26-14(32)9-3-10(16(18,19)20)5-11(4-9)17(21,22)23/h3-5,7-8H,6H2,1-2H3,(H,26,32)(H,27,31). The molecular weight excluding hydrogens is 448 g/mol. The highest BCUT2D eigenvalue weighted by Crippen LogP contribution is 2.36. The highest BCUT2D eigenvalue weighted by Gasteiger charge is 2.37. The fraction of sp³-hybridized carbons (Fsp3) is 0.353. The van der Waals surface area contributed by atoms with Crippen molar-refractivity contribution in [3.63, 3.8) is 0 Å². The van der Waals surface area contributed by atoms with Gasteiger partial charge in [0.2, 0.25) is 5.96 Å². The number of carbonyl (C=O) groups is 2. The van der Waals surface area contributed by atoms with E-state index in [0.29, 0.717) is 12.1 Å². The minimum atomic E-state index is -5.09. The Kier molecular flexibility index (Phi) is 5.84. The summed E-state index contributed by atoms with van der Waals surface area (Å²) in [6.07, 6.45) is -9.07. The second-order valence-electron chi connectivity index (χ2n) is 6.82. The van der Waals surface area contributed by atoms with Gasteiger partial charge in [-0.05, 0) is 25.1 Å². The van der Waals surface area contributed by atoms with Gasteiger partial charge in [0.15, 0.2) is 5.82 Å². The van der Waals surface area contributed by atoms with Crippen LogP contribution in [0.2, 0.25) is 0 Å². The maximum atomic E-state index is 13.0. The van der Waals surface area contributed by atoms with Crippen molar-refractivity contribution in [2.45, 2.75) is 25.3 Å². The molecule has 2 N–H and O–H groups in total. The molecule has 2 amide bonds. The summed E-state index contributed by atoms with van der Waals surface area (Å²) in [4.78, 5) is 29.3. The Bertz CT molecular complexity index is 1040. The molecule has 1 aromatic heterocycles. The molecule has 0 saturated heterocycles. The average Bonchev–Trinajstić information content (AvgIpc) is 3.16. The fourth-order valence-electron chi connectivity index (χ4n) is 2.86. The van der Waals surface area contributed by atoms with Gasteiger partial charge < -0.3 is 10.2 Å². The lowest BCUT2D eigenvalue weighted by Crippen LogP contribution is -2.47. The summed E-state index contributed by atoms with van der Waals surface area (Å²) in [5.74, 6) is -1.36. The van der Waals surface area contributed by atoms with E-state index in [2.05, 4.69) is 25.9 Å². The first-order valence-corrected chi connectivity index (χ1v) is 8.85. The number of nitrogens with zero attached hydrogens (tertiary/aromatic N) is 5. The van der Waals surface area contributed by atoms with E-state index in [1.165, 1.54) is 18.9 Å². The zero-order chi connectivity index (χ0) is 23.8. The van der Waals surface area contributed by atoms with Crippen molar-refractivity contribution < 1.29 is 35.9 Å². The summed E-state index contributed by atoms with van der Waals surface area (Å²) < 4.78 is 79.4. The van der Waals surface area contributed by atoms with Gasteiger partial charge in [-0.3, -0.25) is 9.59 Å². The van der Waals surface area contributed by atoms with Crippen molar-refractivity contribution in [3.8, 4) is 0 Å². The zero-order valence-electron chi connectivity index (χ0n) is 16.4. The molecule has 2 aromatic rings. The number of hydrogen-bond acceptors (Lipinski definition) is 6. The number of aromatic nitrogens is 3. The largest absolute Gasteiger partial charge is 0.416 e. The number of carbonyl (C=O) groups excluding carboxylic acids is 2. The van der Waals surface area contributed by atoms with E-state index in [4.69, 9.17) is 0 Å². The van der Waals surface area contributed by atoms with Crippen LogP contribution in [0.1, 0.15) is 40.3 Å². The smallest absolute Gasteiger partial charge is 0.342 e. The lowest BCUT2D eigenvalue weighted by molar-refractivity contribution is -0.143. The van der Waals surface area contributed by atoms with Crippen LogP contribution in [0.4, 0.5) is 26.3 Å². The topological polar surface area (TPSA) is 105 Å². The molecule has 172 valence electrons. The maximum absolute atomic E-state index is 13.0. The van der Waals surface area contributed by atoms with Crippen LogP contribution >= 0.6 is 0 Å². The van der Waals surface area contributed by atoms with Crippen LogP contribution in [0.25, 0.3) is 0 Å². The quantitative estimate of drug-likeness (QED) is 0.678. The normalized spacial score (nSPS) is 15.8. The third kappa shape index (κ3) is 4.81. The second kappa shape index (κ2) is 8.12. The minimum Gasteiger partial charge on any atom is -0.342 e. The number of amides is 2. The van der Waals surface area contributed by atoms with E-state index in [0.717, 1.165) is 11.0 Å². The van der Waals surface area contributed by atoms with Crippen molar-refractivity contribution in [1.82, 2.24) is 30.4 Å². The molecule has 2 heterocycles. The van der Waals surface area contributed by atoms with E-state index in [1.54, 1.807) is 0 Å². The Hall–Kier alpha value is -3.65. The van der Waals surface area contributed by atoms with Crippen LogP contribution in [0.5, 0.6) is 0 Å². The van der Waals surface area contributed by atoms with Crippen molar-refractivity contribution in [1.29, 1.82) is 0 Å². The zero-order valence-corrected chi connectivity index (χ0v) is 16.4. The van der Waals surface area contributed by atoms with E-state index in [9.17, 15) is 35.9 Å². The Labute approximate surface area is 176 Å². The molecule has 0 saturated carbocycles. The number of hydrazone groups is 1. The molecule has 0 fully saturated rings. The molecule has 15 heteroatoms. The van der Waals surface area contributed by atoms with Crippen LogP contribution in [0.3, 0.4) is 0 Å². The predicted molar refractivity (Wildman–Crippen MR) is 96.0 cm³/mol. The fourth-order valence-corrected chi connectivity index (χ4v) is 2.86. The number of nitrogens with one attached hydrogen (secondary N) is 2. The van der Waals surface area contributed by atoms with Gasteiger partial charge in [-0.15, -0.1) is 5.10 Å². The van der Waals surface area contributed by atoms with Gasteiger partial charge in [0.25, 0.3) is 11.8 Å². The maximum Gasteiger partial charge on any atom is 0.416 e. The third-order valence-corrected chi connectivity index (χ3v) is 4.35. The second-order valence-corrected chi connectivity index (χ2v) is 6.82. The molecule has 0 bridgehead atoms. The summed E-state index contributed by atoms with van der Waals surface area (Å²) in [7, 11) is 1.54. The highest BCUT2D eigenvalue weighted by atomic mass is 19.4. The van der Waals surface area contributed by atoms with Gasteiger partial charge in [-0.25, -0.2) is 10.4 Å². The first-order valence-electron chi connectivity index (χ1n) is 8.85. The summed E-state index contributed by atoms with van der Waals surface area (Å²) in [5, 5.41) is 10.1. The third-order valence-electron chi connectivity index (χ3n) is 4.35. The molecule has 1 aromatic carbocycles. The van der Waals surface area contributed by atoms with Crippen molar-refractivity contribution in [2.75, 3.05) is 13.6 Å². The number of likely N-dealkylation sites (N-methyl/N-ethyl adjacent to an activating group) is 1. The Morgan fingerprint density at radius 3 is 2.25 bits per heavy atom. The molecule has 9 nitrogen and oxygen atoms in total. The molecule has 32 heavy (non-hydrogen) atoms. The van der Waals surface area contributed by atoms with E-state index in [1.807, 2.05) is 0 Å². The molecule has 1 aliphatic heterocycles. The van der Waals surface area contributed by atoms with E-state index < -0.39 is 41.0 Å². The van der Waals surface area contributed by atoms with Crippen LogP contribution in [-0.4, -0.2) is 51.0 Å². The highest BCUT2D eigenvalue weighted by molar-refractivity contribution is 5.95. The summed E-state index contributed by atoms with van der Waals surface area (Å²) >= 11 is 0. The van der Waals surface area contributed by atoms with Crippen LogP contribution in [0, 0.1) is 0 Å². The predicted octanol–water partition coefficient (Wildman–Crippen LogP) is 1.99. The molecule has 0 spiro atoms. The molecule has 0 aliphatic carbocycles. The van der Waals surface area contributed by atoms with Crippen molar-refractivity contribution in [2.24, 2.45) is 5.10 Å². The summed E-state index contributed by atoms with van der Waals surface area (Å²) in [6.45, 7) is 1.35. The number of benzene rings is 1. The number of alkyl halides is 6. The summed E-state index contributed by atoms with van der Waals surface area (Å²) in [5.41, 5.74) is -1.80. The van der Waals surface area contributed by atoms with E-state index in [-0.39, 0.29) is 30.3 Å². The Balaban J connectivity index is 1.89. The minimum absolute atomic E-state index is 0.0523.